The summed E-state index contributed by atoms with van der Waals surface area (Å²) in [6.07, 6.45) is 0.799. The SMILES string of the molecule is CCc1ccccc1NC(=O)CN(C)C(=O)c1cc2ccc(F)cc2nc1C. The molecule has 5 nitrogen and oxygen atoms in total. The lowest BCUT2D eigenvalue weighted by Gasteiger charge is -2.19. The maximum atomic E-state index is 13.4. The van der Waals surface area contributed by atoms with Gasteiger partial charge in [0, 0.05) is 24.2 Å². The van der Waals surface area contributed by atoms with Crippen molar-refractivity contribution >= 4 is 28.4 Å². The van der Waals surface area contributed by atoms with Crippen molar-refractivity contribution in [3.05, 3.63) is 71.2 Å². The predicted molar refractivity (Wildman–Crippen MR) is 108 cm³/mol. The highest BCUT2D eigenvalue weighted by Gasteiger charge is 2.19. The van der Waals surface area contributed by atoms with Crippen molar-refractivity contribution in [2.24, 2.45) is 0 Å². The Morgan fingerprint density at radius 3 is 2.64 bits per heavy atom. The van der Waals surface area contributed by atoms with E-state index in [1.807, 2.05) is 31.2 Å². The van der Waals surface area contributed by atoms with Gasteiger partial charge >= 0.3 is 0 Å². The lowest BCUT2D eigenvalue weighted by molar-refractivity contribution is -0.116. The summed E-state index contributed by atoms with van der Waals surface area (Å²) in [4.78, 5) is 30.9. The maximum Gasteiger partial charge on any atom is 0.255 e. The van der Waals surface area contributed by atoms with Crippen molar-refractivity contribution in [2.45, 2.75) is 20.3 Å². The summed E-state index contributed by atoms with van der Waals surface area (Å²) in [7, 11) is 1.57. The number of carbonyl (C=O) groups is 2. The lowest BCUT2D eigenvalue weighted by atomic mass is 10.1. The molecule has 0 saturated carbocycles. The van der Waals surface area contributed by atoms with E-state index in [1.54, 1.807) is 26.1 Å². The van der Waals surface area contributed by atoms with Gasteiger partial charge in [0.1, 0.15) is 5.82 Å². The summed E-state index contributed by atoms with van der Waals surface area (Å²) in [5, 5.41) is 3.53. The van der Waals surface area contributed by atoms with Gasteiger partial charge in [-0.05, 0) is 43.2 Å². The van der Waals surface area contributed by atoms with Crippen LogP contribution in [0.5, 0.6) is 0 Å². The number of aryl methyl sites for hydroxylation is 2. The minimum atomic E-state index is -0.375. The van der Waals surface area contributed by atoms with Gasteiger partial charge in [-0.3, -0.25) is 14.6 Å². The molecule has 1 aromatic heterocycles. The molecule has 0 unspecified atom stereocenters. The Hall–Kier alpha value is -3.28. The molecule has 6 heteroatoms. The van der Waals surface area contributed by atoms with Gasteiger partial charge in [0.05, 0.1) is 23.3 Å². The quantitative estimate of drug-likeness (QED) is 0.730. The van der Waals surface area contributed by atoms with Crippen molar-refractivity contribution in [2.75, 3.05) is 18.9 Å². The second kappa shape index (κ2) is 8.17. The minimum Gasteiger partial charge on any atom is -0.332 e. The van der Waals surface area contributed by atoms with E-state index in [-0.39, 0.29) is 24.2 Å². The number of anilines is 1. The number of para-hydroxylation sites is 1. The molecule has 2 amide bonds. The maximum absolute atomic E-state index is 13.4. The van der Waals surface area contributed by atoms with Crippen LogP contribution in [-0.4, -0.2) is 35.3 Å². The molecule has 0 aliphatic carbocycles. The summed E-state index contributed by atoms with van der Waals surface area (Å²) in [5.41, 5.74) is 3.16. The van der Waals surface area contributed by atoms with Crippen LogP contribution in [0, 0.1) is 12.7 Å². The zero-order chi connectivity index (χ0) is 20.3. The average Bonchev–Trinajstić information content (AvgIpc) is 2.67. The molecular formula is C22H22FN3O2. The van der Waals surface area contributed by atoms with Crippen LogP contribution in [0.15, 0.2) is 48.5 Å². The fourth-order valence-corrected chi connectivity index (χ4v) is 3.09. The minimum absolute atomic E-state index is 0.0855. The number of hydrogen-bond acceptors (Lipinski definition) is 3. The van der Waals surface area contributed by atoms with Crippen molar-refractivity contribution < 1.29 is 14.0 Å². The van der Waals surface area contributed by atoms with E-state index in [1.165, 1.54) is 17.0 Å². The monoisotopic (exact) mass is 379 g/mol. The molecule has 3 aromatic rings. The van der Waals surface area contributed by atoms with E-state index in [2.05, 4.69) is 10.3 Å². The first kappa shape index (κ1) is 19.5. The second-order valence-corrected chi connectivity index (χ2v) is 6.68. The largest absolute Gasteiger partial charge is 0.332 e. The Labute approximate surface area is 163 Å². The molecule has 0 saturated heterocycles. The highest BCUT2D eigenvalue weighted by atomic mass is 19.1. The van der Waals surface area contributed by atoms with Crippen LogP contribution in [-0.2, 0) is 11.2 Å². The first-order valence-corrected chi connectivity index (χ1v) is 9.09. The molecule has 0 aliphatic rings. The Balaban J connectivity index is 1.75. The molecule has 0 aliphatic heterocycles. The molecule has 0 radical (unpaired) electrons. The third kappa shape index (κ3) is 4.17. The van der Waals surface area contributed by atoms with Crippen LogP contribution in [0.25, 0.3) is 10.9 Å². The van der Waals surface area contributed by atoms with Crippen LogP contribution in [0.4, 0.5) is 10.1 Å². The van der Waals surface area contributed by atoms with Gasteiger partial charge in [0.15, 0.2) is 0 Å². The van der Waals surface area contributed by atoms with Crippen molar-refractivity contribution in [1.29, 1.82) is 0 Å². The number of carbonyl (C=O) groups excluding carboxylic acids is 2. The van der Waals surface area contributed by atoms with Crippen LogP contribution >= 0.6 is 0 Å². The van der Waals surface area contributed by atoms with Gasteiger partial charge < -0.3 is 10.2 Å². The number of halogens is 1. The third-order valence-electron chi connectivity index (χ3n) is 4.60. The summed E-state index contributed by atoms with van der Waals surface area (Å²) in [6.45, 7) is 3.63. The van der Waals surface area contributed by atoms with E-state index >= 15 is 0 Å². The van der Waals surface area contributed by atoms with E-state index in [0.717, 1.165) is 17.7 Å². The smallest absolute Gasteiger partial charge is 0.255 e. The summed E-state index contributed by atoms with van der Waals surface area (Å²) in [6, 6.07) is 13.5. The first-order valence-electron chi connectivity index (χ1n) is 9.09. The van der Waals surface area contributed by atoms with Crippen LogP contribution in [0.1, 0.15) is 28.5 Å². The zero-order valence-electron chi connectivity index (χ0n) is 16.1. The van der Waals surface area contributed by atoms with Crippen LogP contribution < -0.4 is 5.32 Å². The summed E-state index contributed by atoms with van der Waals surface area (Å²) in [5.74, 6) is -0.958. The van der Waals surface area contributed by atoms with E-state index in [9.17, 15) is 14.0 Å². The average molecular weight is 379 g/mol. The fourth-order valence-electron chi connectivity index (χ4n) is 3.09. The summed E-state index contributed by atoms with van der Waals surface area (Å²) >= 11 is 0. The molecule has 0 fully saturated rings. The number of hydrogen-bond donors (Lipinski definition) is 1. The topological polar surface area (TPSA) is 62.3 Å². The number of amides is 2. The number of likely N-dealkylation sites (N-methyl/N-ethyl adjacent to an activating group) is 1. The summed E-state index contributed by atoms with van der Waals surface area (Å²) < 4.78 is 13.4. The molecule has 1 N–H and O–H groups in total. The highest BCUT2D eigenvalue weighted by molar-refractivity contribution is 6.01. The normalized spacial score (nSPS) is 10.7. The van der Waals surface area contributed by atoms with Gasteiger partial charge in [0.25, 0.3) is 5.91 Å². The molecule has 3 rings (SSSR count). The van der Waals surface area contributed by atoms with Crippen molar-refractivity contribution in [3.63, 3.8) is 0 Å². The molecule has 0 bridgehead atoms. The lowest BCUT2D eigenvalue weighted by Crippen LogP contribution is -2.35. The number of nitrogens with zero attached hydrogens (tertiary/aromatic N) is 2. The zero-order valence-corrected chi connectivity index (χ0v) is 16.1. The Morgan fingerprint density at radius 2 is 1.89 bits per heavy atom. The second-order valence-electron chi connectivity index (χ2n) is 6.68. The predicted octanol–water partition coefficient (Wildman–Crippen LogP) is 3.96. The standard InChI is InChI=1S/C22H22FN3O2/c1-4-15-7-5-6-8-19(15)25-21(27)13-26(3)22(28)18-11-16-9-10-17(23)12-20(16)24-14(18)2/h5-12H,4,13H2,1-3H3,(H,25,27). The van der Waals surface area contributed by atoms with E-state index < -0.39 is 0 Å². The number of fused-ring (bicyclic) bond motifs is 1. The molecular weight excluding hydrogens is 357 g/mol. The van der Waals surface area contributed by atoms with Gasteiger partial charge in [-0.25, -0.2) is 4.39 Å². The van der Waals surface area contributed by atoms with Crippen molar-refractivity contribution in [1.82, 2.24) is 9.88 Å². The number of nitrogens with one attached hydrogen (secondary N) is 1. The molecule has 2 aromatic carbocycles. The molecule has 0 atom stereocenters. The van der Waals surface area contributed by atoms with Gasteiger partial charge in [-0.2, -0.15) is 0 Å². The number of rotatable bonds is 5. The van der Waals surface area contributed by atoms with Crippen molar-refractivity contribution in [3.8, 4) is 0 Å². The Morgan fingerprint density at radius 1 is 1.14 bits per heavy atom. The number of aromatic nitrogens is 1. The molecule has 28 heavy (non-hydrogen) atoms. The van der Waals surface area contributed by atoms with Crippen LogP contribution in [0.2, 0.25) is 0 Å². The van der Waals surface area contributed by atoms with Gasteiger partial charge in [0.2, 0.25) is 5.91 Å². The van der Waals surface area contributed by atoms with Gasteiger partial charge in [-0.15, -0.1) is 0 Å². The molecule has 1 heterocycles. The number of pyridine rings is 1. The highest BCUT2D eigenvalue weighted by Crippen LogP contribution is 2.19. The first-order chi connectivity index (χ1) is 13.4. The number of benzene rings is 2. The van der Waals surface area contributed by atoms with Crippen LogP contribution in [0.3, 0.4) is 0 Å². The molecule has 0 spiro atoms. The van der Waals surface area contributed by atoms with E-state index in [4.69, 9.17) is 0 Å². The van der Waals surface area contributed by atoms with Gasteiger partial charge in [-0.1, -0.05) is 25.1 Å². The Bertz CT molecular complexity index is 1050. The Kier molecular flexibility index (Phi) is 5.68. The third-order valence-corrected chi connectivity index (χ3v) is 4.60. The van der Waals surface area contributed by atoms with E-state index in [0.29, 0.717) is 22.2 Å². The fraction of sp³-hybridized carbons (Fsp3) is 0.227. The molecule has 144 valence electrons.